The zero-order chi connectivity index (χ0) is 30.8. The maximum atomic E-state index is 2.54. The number of para-hydroxylation sites is 2. The van der Waals surface area contributed by atoms with Gasteiger partial charge in [0.15, 0.2) is 0 Å². The van der Waals surface area contributed by atoms with Crippen molar-refractivity contribution in [1.82, 2.24) is 0 Å². The van der Waals surface area contributed by atoms with Gasteiger partial charge in [-0.05, 0) is 105 Å². The van der Waals surface area contributed by atoms with E-state index in [-0.39, 0.29) is 10.8 Å². The third-order valence-electron chi connectivity index (χ3n) is 11.3. The second kappa shape index (κ2) is 8.86. The summed E-state index contributed by atoms with van der Waals surface area (Å²) in [6.07, 6.45) is 0. The number of allylic oxidation sites excluding steroid dienone is 2. The highest BCUT2D eigenvalue weighted by atomic mass is 15.2. The highest BCUT2D eigenvalue weighted by Gasteiger charge is 2.43. The van der Waals surface area contributed by atoms with Crippen molar-refractivity contribution in [3.05, 3.63) is 149 Å². The Hall–Kier alpha value is -4.88. The van der Waals surface area contributed by atoms with Crippen LogP contribution in [0.2, 0.25) is 0 Å². The first kappa shape index (κ1) is 26.5. The predicted octanol–water partition coefficient (Wildman–Crippen LogP) is 12.2. The van der Waals surface area contributed by atoms with Gasteiger partial charge < -0.3 is 4.90 Å². The van der Waals surface area contributed by atoms with E-state index in [2.05, 4.69) is 162 Å². The van der Waals surface area contributed by atoms with Crippen molar-refractivity contribution in [3.8, 4) is 22.3 Å². The topological polar surface area (TPSA) is 3.24 Å². The molecule has 3 aliphatic rings. The lowest BCUT2D eigenvalue weighted by Crippen LogP contribution is -2.18. The summed E-state index contributed by atoms with van der Waals surface area (Å²) in [5, 5.41) is 2.61. The van der Waals surface area contributed by atoms with Crippen LogP contribution in [0.1, 0.15) is 74.9 Å². The third-order valence-corrected chi connectivity index (χ3v) is 11.3. The van der Waals surface area contributed by atoms with Crippen LogP contribution in [0.3, 0.4) is 0 Å². The molecule has 1 heterocycles. The van der Waals surface area contributed by atoms with E-state index in [9.17, 15) is 0 Å². The van der Waals surface area contributed by atoms with E-state index in [4.69, 9.17) is 0 Å². The number of hydrogen-bond acceptors (Lipinski definition) is 1. The first-order valence-electron chi connectivity index (χ1n) is 16.2. The zero-order valence-electron chi connectivity index (χ0n) is 26.9. The van der Waals surface area contributed by atoms with Crippen LogP contribution in [-0.4, -0.2) is 0 Å². The molecule has 6 aromatic carbocycles. The van der Waals surface area contributed by atoms with Crippen LogP contribution >= 0.6 is 0 Å². The highest BCUT2D eigenvalue weighted by molar-refractivity contribution is 6.12. The lowest BCUT2D eigenvalue weighted by atomic mass is 9.79. The Balaban J connectivity index is 1.36. The van der Waals surface area contributed by atoms with E-state index in [1.165, 1.54) is 94.6 Å². The Morgan fingerprint density at radius 1 is 0.400 bits per heavy atom. The summed E-state index contributed by atoms with van der Waals surface area (Å²) in [6, 6.07) is 43.5. The van der Waals surface area contributed by atoms with Gasteiger partial charge in [-0.25, -0.2) is 0 Å². The van der Waals surface area contributed by atoms with E-state index in [0.717, 1.165) is 0 Å². The van der Waals surface area contributed by atoms with E-state index < -0.39 is 0 Å². The SMILES string of the molecule is CC1=C(C)c2ccccc2N(c2cc3c(c4ccccc24)-c2cc4c(cc2C3(C)C)-c2ccccc2C4(C)C)c2ccccc21. The number of nitrogens with zero attached hydrogens (tertiary/aromatic N) is 1. The molecule has 0 atom stereocenters. The Bertz CT molecular complexity index is 2240. The fourth-order valence-corrected chi connectivity index (χ4v) is 8.71. The van der Waals surface area contributed by atoms with E-state index >= 15 is 0 Å². The van der Waals surface area contributed by atoms with Gasteiger partial charge in [-0.1, -0.05) is 113 Å². The molecule has 1 nitrogen and oxygen atoms in total. The monoisotopic (exact) mass is 579 g/mol. The van der Waals surface area contributed by atoms with Crippen molar-refractivity contribution < 1.29 is 0 Å². The number of fused-ring (bicyclic) bond motifs is 10. The molecular weight excluding hydrogens is 542 g/mol. The van der Waals surface area contributed by atoms with E-state index in [1.54, 1.807) is 0 Å². The van der Waals surface area contributed by atoms with Gasteiger partial charge in [-0.2, -0.15) is 0 Å². The van der Waals surface area contributed by atoms with Crippen LogP contribution in [0, 0.1) is 0 Å². The first-order valence-corrected chi connectivity index (χ1v) is 16.2. The van der Waals surface area contributed by atoms with Gasteiger partial charge in [0.25, 0.3) is 0 Å². The molecule has 1 heteroatoms. The molecule has 0 radical (unpaired) electrons. The molecule has 218 valence electrons. The first-order chi connectivity index (χ1) is 21.7. The van der Waals surface area contributed by atoms with Crippen molar-refractivity contribution in [2.75, 3.05) is 4.90 Å². The molecule has 0 amide bonds. The van der Waals surface area contributed by atoms with E-state index in [0.29, 0.717) is 0 Å². The molecule has 0 unspecified atom stereocenters. The largest absolute Gasteiger partial charge is 0.309 e. The summed E-state index contributed by atoms with van der Waals surface area (Å²) in [5.41, 5.74) is 20.0. The molecule has 1 aliphatic heterocycles. The predicted molar refractivity (Wildman–Crippen MR) is 192 cm³/mol. The molecular formula is C44H37N. The Morgan fingerprint density at radius 3 is 1.56 bits per heavy atom. The molecule has 6 aromatic rings. The molecule has 0 saturated carbocycles. The lowest BCUT2D eigenvalue weighted by Gasteiger charge is -2.31. The highest BCUT2D eigenvalue weighted by Crippen LogP contribution is 2.59. The number of anilines is 3. The Kier molecular flexibility index (Phi) is 5.22. The quantitative estimate of drug-likeness (QED) is 0.187. The average molecular weight is 580 g/mol. The van der Waals surface area contributed by atoms with Gasteiger partial charge in [0.1, 0.15) is 0 Å². The standard InChI is InChI=1S/C44H37N/c1-26-27(2)29-16-11-14-22-40(29)45(39-21-13-10-15-28(26)39)41-25-38-42(32-19-8-7-18-31(32)41)34-24-36-33(23-37(34)44(38,5)6)30-17-9-12-20-35(30)43(36,3)4/h7-25H,1-6H3. The minimum Gasteiger partial charge on any atom is -0.309 e. The van der Waals surface area contributed by atoms with Crippen molar-refractivity contribution in [2.45, 2.75) is 52.4 Å². The van der Waals surface area contributed by atoms with Crippen molar-refractivity contribution in [3.63, 3.8) is 0 Å². The smallest absolute Gasteiger partial charge is 0.0544 e. The molecule has 0 aromatic heterocycles. The van der Waals surface area contributed by atoms with Gasteiger partial charge in [0.2, 0.25) is 0 Å². The van der Waals surface area contributed by atoms with Crippen LogP contribution < -0.4 is 4.90 Å². The van der Waals surface area contributed by atoms with Gasteiger partial charge in [0.05, 0.1) is 17.1 Å². The van der Waals surface area contributed by atoms with Crippen molar-refractivity contribution >= 4 is 39.0 Å². The summed E-state index contributed by atoms with van der Waals surface area (Å²) in [5.74, 6) is 0. The van der Waals surface area contributed by atoms with Gasteiger partial charge in [0, 0.05) is 27.3 Å². The summed E-state index contributed by atoms with van der Waals surface area (Å²) < 4.78 is 0. The second-order valence-electron chi connectivity index (χ2n) is 14.2. The summed E-state index contributed by atoms with van der Waals surface area (Å²) in [4.78, 5) is 2.53. The van der Waals surface area contributed by atoms with Crippen LogP contribution in [0.25, 0.3) is 44.2 Å². The number of benzene rings is 6. The van der Waals surface area contributed by atoms with Crippen molar-refractivity contribution in [1.29, 1.82) is 0 Å². The normalized spacial score (nSPS) is 16.4. The van der Waals surface area contributed by atoms with Crippen LogP contribution in [0.15, 0.2) is 115 Å². The molecule has 0 saturated heterocycles. The van der Waals surface area contributed by atoms with Crippen molar-refractivity contribution in [2.24, 2.45) is 0 Å². The minimum absolute atomic E-state index is 0.0359. The lowest BCUT2D eigenvalue weighted by molar-refractivity contribution is 0.652. The van der Waals surface area contributed by atoms with Gasteiger partial charge >= 0.3 is 0 Å². The molecule has 0 fully saturated rings. The van der Waals surface area contributed by atoms with Gasteiger partial charge in [-0.3, -0.25) is 0 Å². The minimum atomic E-state index is -0.158. The molecule has 9 rings (SSSR count). The van der Waals surface area contributed by atoms with Gasteiger partial charge in [-0.15, -0.1) is 0 Å². The average Bonchev–Trinajstić information content (AvgIpc) is 3.39. The summed E-state index contributed by atoms with van der Waals surface area (Å²) >= 11 is 0. The number of rotatable bonds is 1. The molecule has 0 bridgehead atoms. The van der Waals surface area contributed by atoms with Crippen LogP contribution in [0.4, 0.5) is 17.1 Å². The second-order valence-corrected chi connectivity index (χ2v) is 14.2. The Morgan fingerprint density at radius 2 is 0.889 bits per heavy atom. The molecule has 2 aliphatic carbocycles. The maximum absolute atomic E-state index is 2.54. The fourth-order valence-electron chi connectivity index (χ4n) is 8.71. The fraction of sp³-hybridized carbons (Fsp3) is 0.182. The summed E-state index contributed by atoms with van der Waals surface area (Å²) in [7, 11) is 0. The van der Waals surface area contributed by atoms with E-state index in [1.807, 2.05) is 0 Å². The maximum Gasteiger partial charge on any atom is 0.0544 e. The number of hydrogen-bond donors (Lipinski definition) is 0. The third kappa shape index (κ3) is 3.34. The molecule has 0 N–H and O–H groups in total. The van der Waals surface area contributed by atoms with Crippen LogP contribution in [0.5, 0.6) is 0 Å². The molecule has 45 heavy (non-hydrogen) atoms. The zero-order valence-corrected chi connectivity index (χ0v) is 26.9. The Labute approximate surface area is 266 Å². The van der Waals surface area contributed by atoms with Crippen LogP contribution in [-0.2, 0) is 10.8 Å². The molecule has 0 spiro atoms. The summed E-state index contributed by atoms with van der Waals surface area (Å²) in [6.45, 7) is 14.2.